The predicted octanol–water partition coefficient (Wildman–Crippen LogP) is 1.23. The molecule has 1 saturated heterocycles. The molecule has 0 aromatic heterocycles. The highest BCUT2D eigenvalue weighted by Gasteiger charge is 2.29. The quantitative estimate of drug-likeness (QED) is 0.890. The van der Waals surface area contributed by atoms with Crippen molar-refractivity contribution >= 4 is 11.8 Å². The van der Waals surface area contributed by atoms with Gasteiger partial charge >= 0.3 is 0 Å². The van der Waals surface area contributed by atoms with Gasteiger partial charge in [-0.25, -0.2) is 0 Å². The largest absolute Gasteiger partial charge is 0.378 e. The van der Waals surface area contributed by atoms with Gasteiger partial charge in [-0.15, -0.1) is 0 Å². The van der Waals surface area contributed by atoms with Crippen molar-refractivity contribution in [2.24, 2.45) is 5.92 Å². The van der Waals surface area contributed by atoms with Crippen molar-refractivity contribution in [2.75, 3.05) is 26.3 Å². The number of ether oxygens (including phenoxy) is 1. The van der Waals surface area contributed by atoms with Crippen LogP contribution < -0.4 is 5.32 Å². The van der Waals surface area contributed by atoms with Gasteiger partial charge in [0.25, 0.3) is 0 Å². The Morgan fingerprint density at radius 2 is 1.82 bits per heavy atom. The van der Waals surface area contributed by atoms with Crippen molar-refractivity contribution in [3.05, 3.63) is 35.9 Å². The van der Waals surface area contributed by atoms with Crippen LogP contribution in [0.1, 0.15) is 19.4 Å². The van der Waals surface area contributed by atoms with Crippen LogP contribution >= 0.6 is 0 Å². The monoisotopic (exact) mass is 304 g/mol. The molecule has 1 atom stereocenters. The number of nitrogens with one attached hydrogen (secondary N) is 1. The molecular formula is C17H24N2O3. The van der Waals surface area contributed by atoms with Crippen molar-refractivity contribution in [1.29, 1.82) is 0 Å². The molecule has 1 aromatic carbocycles. The van der Waals surface area contributed by atoms with Crippen LogP contribution in [0.5, 0.6) is 0 Å². The maximum atomic E-state index is 12.6. The molecule has 0 radical (unpaired) electrons. The number of hydrogen-bond donors (Lipinski definition) is 1. The fourth-order valence-corrected chi connectivity index (χ4v) is 2.50. The van der Waals surface area contributed by atoms with Crippen LogP contribution in [0.3, 0.4) is 0 Å². The van der Waals surface area contributed by atoms with Gasteiger partial charge in [0.15, 0.2) is 0 Å². The SMILES string of the molecule is CC(C)[C@H](NC(=O)Cc1ccccc1)C(=O)N1CCOCC1. The van der Waals surface area contributed by atoms with Gasteiger partial charge in [0, 0.05) is 13.1 Å². The van der Waals surface area contributed by atoms with E-state index in [-0.39, 0.29) is 17.7 Å². The van der Waals surface area contributed by atoms with Crippen LogP contribution in [0.15, 0.2) is 30.3 Å². The minimum absolute atomic E-state index is 0.0142. The molecule has 120 valence electrons. The zero-order valence-corrected chi connectivity index (χ0v) is 13.2. The molecule has 5 heteroatoms. The normalized spacial score (nSPS) is 16.4. The second-order valence-electron chi connectivity index (χ2n) is 5.89. The molecule has 1 N–H and O–H groups in total. The highest BCUT2D eigenvalue weighted by Crippen LogP contribution is 2.09. The zero-order chi connectivity index (χ0) is 15.9. The molecule has 5 nitrogen and oxygen atoms in total. The molecule has 2 rings (SSSR count). The fourth-order valence-electron chi connectivity index (χ4n) is 2.50. The molecule has 0 spiro atoms. The molecule has 1 heterocycles. The maximum Gasteiger partial charge on any atom is 0.245 e. The van der Waals surface area contributed by atoms with Crippen LogP contribution in [-0.4, -0.2) is 49.1 Å². The van der Waals surface area contributed by atoms with Crippen LogP contribution in [0, 0.1) is 5.92 Å². The molecule has 1 aliphatic rings. The Morgan fingerprint density at radius 1 is 1.18 bits per heavy atom. The Hall–Kier alpha value is -1.88. The summed E-state index contributed by atoms with van der Waals surface area (Å²) >= 11 is 0. The first kappa shape index (κ1) is 16.5. The van der Waals surface area contributed by atoms with Gasteiger partial charge in [0.05, 0.1) is 19.6 Å². The first-order chi connectivity index (χ1) is 10.6. The number of nitrogens with zero attached hydrogens (tertiary/aromatic N) is 1. The van der Waals surface area contributed by atoms with E-state index in [1.54, 1.807) is 4.90 Å². The van der Waals surface area contributed by atoms with Crippen molar-refractivity contribution in [3.8, 4) is 0 Å². The van der Waals surface area contributed by atoms with Gasteiger partial charge in [-0.1, -0.05) is 44.2 Å². The van der Waals surface area contributed by atoms with Gasteiger partial charge in [0.2, 0.25) is 11.8 Å². The number of hydrogen-bond acceptors (Lipinski definition) is 3. The molecule has 1 aliphatic heterocycles. The van der Waals surface area contributed by atoms with E-state index in [1.165, 1.54) is 0 Å². The molecule has 0 bridgehead atoms. The first-order valence-corrected chi connectivity index (χ1v) is 7.77. The van der Waals surface area contributed by atoms with Crippen LogP contribution in [0.25, 0.3) is 0 Å². The summed E-state index contributed by atoms with van der Waals surface area (Å²) in [6.07, 6.45) is 0.292. The lowest BCUT2D eigenvalue weighted by atomic mass is 10.0. The van der Waals surface area contributed by atoms with Crippen LogP contribution in [0.4, 0.5) is 0 Å². The molecule has 0 aliphatic carbocycles. The minimum Gasteiger partial charge on any atom is -0.378 e. The number of benzene rings is 1. The average molecular weight is 304 g/mol. The van der Waals surface area contributed by atoms with Gasteiger partial charge in [-0.05, 0) is 11.5 Å². The number of carbonyl (C=O) groups excluding carboxylic acids is 2. The van der Waals surface area contributed by atoms with E-state index in [0.717, 1.165) is 5.56 Å². The molecular weight excluding hydrogens is 280 g/mol. The fraction of sp³-hybridized carbons (Fsp3) is 0.529. The third-order valence-electron chi connectivity index (χ3n) is 3.78. The highest BCUT2D eigenvalue weighted by molar-refractivity contribution is 5.88. The first-order valence-electron chi connectivity index (χ1n) is 7.77. The summed E-state index contributed by atoms with van der Waals surface area (Å²) < 4.78 is 5.27. The summed E-state index contributed by atoms with van der Waals surface area (Å²) in [6, 6.07) is 9.07. The van der Waals surface area contributed by atoms with E-state index in [1.807, 2.05) is 44.2 Å². The van der Waals surface area contributed by atoms with Crippen molar-refractivity contribution in [1.82, 2.24) is 10.2 Å². The lowest BCUT2D eigenvalue weighted by molar-refractivity contribution is -0.141. The Labute approximate surface area is 131 Å². The van der Waals surface area contributed by atoms with Crippen molar-refractivity contribution < 1.29 is 14.3 Å². The zero-order valence-electron chi connectivity index (χ0n) is 13.2. The predicted molar refractivity (Wildman–Crippen MR) is 84.3 cm³/mol. The van der Waals surface area contributed by atoms with Crippen LogP contribution in [-0.2, 0) is 20.7 Å². The second kappa shape index (κ2) is 7.94. The third-order valence-corrected chi connectivity index (χ3v) is 3.78. The van der Waals surface area contributed by atoms with E-state index in [2.05, 4.69) is 5.32 Å². The van der Waals surface area contributed by atoms with Gasteiger partial charge in [-0.3, -0.25) is 9.59 Å². The van der Waals surface area contributed by atoms with E-state index < -0.39 is 6.04 Å². The smallest absolute Gasteiger partial charge is 0.245 e. The van der Waals surface area contributed by atoms with E-state index in [9.17, 15) is 9.59 Å². The summed E-state index contributed by atoms with van der Waals surface area (Å²) in [5.74, 6) is -0.0821. The van der Waals surface area contributed by atoms with E-state index in [0.29, 0.717) is 32.7 Å². The number of amides is 2. The molecule has 2 amide bonds. The van der Waals surface area contributed by atoms with Gasteiger partial charge in [-0.2, -0.15) is 0 Å². The number of morpholine rings is 1. The standard InChI is InChI=1S/C17H24N2O3/c1-13(2)16(17(21)19-8-10-22-11-9-19)18-15(20)12-14-6-4-3-5-7-14/h3-7,13,16H,8-12H2,1-2H3,(H,18,20)/t16-/m0/s1. The summed E-state index contributed by atoms with van der Waals surface area (Å²) in [7, 11) is 0. The molecule has 0 saturated carbocycles. The minimum atomic E-state index is -0.477. The Morgan fingerprint density at radius 3 is 2.41 bits per heavy atom. The van der Waals surface area contributed by atoms with E-state index in [4.69, 9.17) is 4.74 Å². The summed E-state index contributed by atoms with van der Waals surface area (Å²) in [4.78, 5) is 26.6. The summed E-state index contributed by atoms with van der Waals surface area (Å²) in [5, 5.41) is 2.89. The second-order valence-corrected chi connectivity index (χ2v) is 5.89. The Balaban J connectivity index is 1.95. The lowest BCUT2D eigenvalue weighted by Crippen LogP contribution is -2.54. The number of carbonyl (C=O) groups is 2. The van der Waals surface area contributed by atoms with Gasteiger partial charge < -0.3 is 15.0 Å². The van der Waals surface area contributed by atoms with Gasteiger partial charge in [0.1, 0.15) is 6.04 Å². The summed E-state index contributed by atoms with van der Waals surface area (Å²) in [5.41, 5.74) is 0.946. The maximum absolute atomic E-state index is 12.6. The van der Waals surface area contributed by atoms with Crippen molar-refractivity contribution in [2.45, 2.75) is 26.3 Å². The molecule has 1 aromatic rings. The molecule has 1 fully saturated rings. The van der Waals surface area contributed by atoms with Crippen molar-refractivity contribution in [3.63, 3.8) is 0 Å². The third kappa shape index (κ3) is 4.56. The number of rotatable bonds is 5. The highest BCUT2D eigenvalue weighted by atomic mass is 16.5. The average Bonchev–Trinajstić information content (AvgIpc) is 2.53. The molecule has 22 heavy (non-hydrogen) atoms. The van der Waals surface area contributed by atoms with E-state index >= 15 is 0 Å². The molecule has 0 unspecified atom stereocenters. The summed E-state index contributed by atoms with van der Waals surface area (Å²) in [6.45, 7) is 6.22. The Kier molecular flexibility index (Phi) is 5.95. The van der Waals surface area contributed by atoms with Crippen LogP contribution in [0.2, 0.25) is 0 Å². The lowest BCUT2D eigenvalue weighted by Gasteiger charge is -2.32. The topological polar surface area (TPSA) is 58.6 Å². The Bertz CT molecular complexity index is 496.